The first-order valence-corrected chi connectivity index (χ1v) is 7.80. The zero-order chi connectivity index (χ0) is 17.5. The van der Waals surface area contributed by atoms with Crippen molar-refractivity contribution >= 4 is 40.8 Å². The lowest BCUT2D eigenvalue weighted by molar-refractivity contribution is -0.149. The second kappa shape index (κ2) is 8.57. The van der Waals surface area contributed by atoms with E-state index in [9.17, 15) is 9.59 Å². The molecular formula is C17H15Cl2NO4. The number of carbonyl (C=O) groups is 2. The molecule has 24 heavy (non-hydrogen) atoms. The van der Waals surface area contributed by atoms with Crippen LogP contribution in [-0.4, -0.2) is 25.1 Å². The fourth-order valence-electron chi connectivity index (χ4n) is 1.81. The summed E-state index contributed by atoms with van der Waals surface area (Å²) in [6, 6.07) is 11.9. The molecule has 126 valence electrons. The van der Waals surface area contributed by atoms with Gasteiger partial charge in [-0.15, -0.1) is 0 Å². The third kappa shape index (κ3) is 5.44. The Labute approximate surface area is 149 Å². The van der Waals surface area contributed by atoms with Crippen molar-refractivity contribution in [3.05, 3.63) is 58.1 Å². The first kappa shape index (κ1) is 18.1. The summed E-state index contributed by atoms with van der Waals surface area (Å²) in [5.74, 6) is -0.533. The van der Waals surface area contributed by atoms with E-state index >= 15 is 0 Å². The van der Waals surface area contributed by atoms with Gasteiger partial charge in [-0.2, -0.15) is 0 Å². The summed E-state index contributed by atoms with van der Waals surface area (Å²) in [4.78, 5) is 23.4. The van der Waals surface area contributed by atoms with Crippen LogP contribution in [0.4, 0.5) is 5.69 Å². The van der Waals surface area contributed by atoms with Gasteiger partial charge in [0.25, 0.3) is 5.91 Å². The molecular weight excluding hydrogens is 353 g/mol. The van der Waals surface area contributed by atoms with Crippen LogP contribution in [0.25, 0.3) is 0 Å². The van der Waals surface area contributed by atoms with Gasteiger partial charge in [-0.3, -0.25) is 4.79 Å². The largest absolute Gasteiger partial charge is 0.482 e. The highest BCUT2D eigenvalue weighted by molar-refractivity contribution is 6.42. The zero-order valence-electron chi connectivity index (χ0n) is 12.8. The molecule has 7 heteroatoms. The standard InChI is InChI=1S/C17H15Cl2NO4/c1-11-4-2-3-5-15(11)23-10-17(22)24-9-16(21)20-12-6-7-13(18)14(19)8-12/h2-8H,9-10H2,1H3,(H,20,21). The van der Waals surface area contributed by atoms with E-state index in [1.165, 1.54) is 6.07 Å². The SMILES string of the molecule is Cc1ccccc1OCC(=O)OCC(=O)Nc1ccc(Cl)c(Cl)c1. The summed E-state index contributed by atoms with van der Waals surface area (Å²) in [5, 5.41) is 3.25. The Kier molecular flexibility index (Phi) is 6.46. The average molecular weight is 368 g/mol. The second-order valence-corrected chi connectivity index (χ2v) is 5.71. The number of benzene rings is 2. The van der Waals surface area contributed by atoms with Gasteiger partial charge >= 0.3 is 5.97 Å². The molecule has 1 amide bonds. The number of para-hydroxylation sites is 1. The van der Waals surface area contributed by atoms with Crippen molar-refractivity contribution in [3.63, 3.8) is 0 Å². The quantitative estimate of drug-likeness (QED) is 0.787. The van der Waals surface area contributed by atoms with Crippen LogP contribution >= 0.6 is 23.2 Å². The molecule has 0 saturated carbocycles. The minimum Gasteiger partial charge on any atom is -0.482 e. The first-order chi connectivity index (χ1) is 11.5. The number of anilines is 1. The molecule has 0 aliphatic heterocycles. The summed E-state index contributed by atoms with van der Waals surface area (Å²) in [6.45, 7) is 1.17. The number of rotatable bonds is 6. The van der Waals surface area contributed by atoms with E-state index in [4.69, 9.17) is 32.7 Å². The van der Waals surface area contributed by atoms with Crippen molar-refractivity contribution in [2.24, 2.45) is 0 Å². The number of carbonyl (C=O) groups excluding carboxylic acids is 2. The Hall–Kier alpha value is -2.24. The number of ether oxygens (including phenoxy) is 2. The topological polar surface area (TPSA) is 64.6 Å². The molecule has 0 aliphatic carbocycles. The third-order valence-corrected chi connectivity index (χ3v) is 3.75. The van der Waals surface area contributed by atoms with Crippen molar-refractivity contribution in [1.29, 1.82) is 0 Å². The number of halogens is 2. The van der Waals surface area contributed by atoms with Gasteiger partial charge in [-0.1, -0.05) is 41.4 Å². The highest BCUT2D eigenvalue weighted by Crippen LogP contribution is 2.24. The molecule has 0 spiro atoms. The number of nitrogens with one attached hydrogen (secondary N) is 1. The van der Waals surface area contributed by atoms with Crippen LogP contribution in [0.5, 0.6) is 5.75 Å². The van der Waals surface area contributed by atoms with Crippen LogP contribution in [-0.2, 0) is 14.3 Å². The Morgan fingerprint density at radius 3 is 2.50 bits per heavy atom. The minimum absolute atomic E-state index is 0.273. The number of hydrogen-bond acceptors (Lipinski definition) is 4. The number of esters is 1. The van der Waals surface area contributed by atoms with Gasteiger partial charge in [0, 0.05) is 5.69 Å². The van der Waals surface area contributed by atoms with Crippen molar-refractivity contribution in [1.82, 2.24) is 0 Å². The van der Waals surface area contributed by atoms with Crippen molar-refractivity contribution in [2.45, 2.75) is 6.92 Å². The van der Waals surface area contributed by atoms with Crippen molar-refractivity contribution in [2.75, 3.05) is 18.5 Å². The van der Waals surface area contributed by atoms with Gasteiger partial charge in [-0.25, -0.2) is 4.79 Å². The first-order valence-electron chi connectivity index (χ1n) is 7.04. The third-order valence-electron chi connectivity index (χ3n) is 3.01. The van der Waals surface area contributed by atoms with Crippen LogP contribution < -0.4 is 10.1 Å². The van der Waals surface area contributed by atoms with Gasteiger partial charge in [0.2, 0.25) is 0 Å². The lowest BCUT2D eigenvalue weighted by atomic mass is 10.2. The Morgan fingerprint density at radius 1 is 1.04 bits per heavy atom. The molecule has 0 aromatic heterocycles. The van der Waals surface area contributed by atoms with Gasteiger partial charge < -0.3 is 14.8 Å². The summed E-state index contributed by atoms with van der Waals surface area (Å²) < 4.78 is 10.2. The molecule has 2 aromatic carbocycles. The van der Waals surface area contributed by atoms with E-state index < -0.39 is 18.5 Å². The maximum Gasteiger partial charge on any atom is 0.344 e. The normalized spacial score (nSPS) is 10.1. The molecule has 0 atom stereocenters. The maximum atomic E-state index is 11.7. The molecule has 0 fully saturated rings. The predicted octanol–water partition coefficient (Wildman–Crippen LogP) is 3.86. The maximum absolute atomic E-state index is 11.7. The van der Waals surface area contributed by atoms with E-state index in [0.717, 1.165) is 5.56 Å². The summed E-state index contributed by atoms with van der Waals surface area (Å²) in [6.07, 6.45) is 0. The van der Waals surface area contributed by atoms with Crippen LogP contribution in [0.2, 0.25) is 10.0 Å². The minimum atomic E-state index is -0.637. The Balaban J connectivity index is 1.76. The number of amides is 1. The molecule has 0 radical (unpaired) electrons. The van der Waals surface area contributed by atoms with E-state index in [-0.39, 0.29) is 6.61 Å². The summed E-state index contributed by atoms with van der Waals surface area (Å²) >= 11 is 11.6. The summed E-state index contributed by atoms with van der Waals surface area (Å²) in [7, 11) is 0. The average Bonchev–Trinajstić information content (AvgIpc) is 2.55. The van der Waals surface area contributed by atoms with E-state index in [1.807, 2.05) is 19.1 Å². The highest BCUT2D eigenvalue weighted by Gasteiger charge is 2.10. The molecule has 0 bridgehead atoms. The molecule has 1 N–H and O–H groups in total. The second-order valence-electron chi connectivity index (χ2n) is 4.89. The predicted molar refractivity (Wildman–Crippen MR) is 92.7 cm³/mol. The summed E-state index contributed by atoms with van der Waals surface area (Å²) in [5.41, 5.74) is 1.37. The fraction of sp³-hybridized carbons (Fsp3) is 0.176. The van der Waals surface area contributed by atoms with Crippen LogP contribution in [0.15, 0.2) is 42.5 Å². The lowest BCUT2D eigenvalue weighted by Gasteiger charge is -2.09. The molecule has 0 unspecified atom stereocenters. The Morgan fingerprint density at radius 2 is 1.79 bits per heavy atom. The van der Waals surface area contributed by atoms with Gasteiger partial charge in [0.05, 0.1) is 10.0 Å². The van der Waals surface area contributed by atoms with Crippen LogP contribution in [0.1, 0.15) is 5.56 Å². The van der Waals surface area contributed by atoms with Gasteiger partial charge in [0.1, 0.15) is 5.75 Å². The highest BCUT2D eigenvalue weighted by atomic mass is 35.5. The number of aryl methyl sites for hydroxylation is 1. The zero-order valence-corrected chi connectivity index (χ0v) is 14.4. The number of hydrogen-bond donors (Lipinski definition) is 1. The van der Waals surface area contributed by atoms with Crippen LogP contribution in [0.3, 0.4) is 0 Å². The van der Waals surface area contributed by atoms with Crippen molar-refractivity contribution in [3.8, 4) is 5.75 Å². The molecule has 0 heterocycles. The van der Waals surface area contributed by atoms with Crippen molar-refractivity contribution < 1.29 is 19.1 Å². The van der Waals surface area contributed by atoms with E-state index in [1.54, 1.807) is 24.3 Å². The fourth-order valence-corrected chi connectivity index (χ4v) is 2.11. The van der Waals surface area contributed by atoms with Gasteiger partial charge in [0.15, 0.2) is 13.2 Å². The lowest BCUT2D eigenvalue weighted by Crippen LogP contribution is -2.23. The molecule has 5 nitrogen and oxygen atoms in total. The van der Waals surface area contributed by atoms with Gasteiger partial charge in [-0.05, 0) is 36.8 Å². The molecule has 0 saturated heterocycles. The van der Waals surface area contributed by atoms with E-state index in [2.05, 4.69) is 5.32 Å². The van der Waals surface area contributed by atoms with Crippen LogP contribution in [0, 0.1) is 6.92 Å². The molecule has 2 rings (SSSR count). The molecule has 0 aliphatic rings. The van der Waals surface area contributed by atoms with E-state index in [0.29, 0.717) is 21.5 Å². The smallest absolute Gasteiger partial charge is 0.344 e. The monoisotopic (exact) mass is 367 g/mol. The Bertz CT molecular complexity index is 749. The molecule has 2 aromatic rings.